The van der Waals surface area contributed by atoms with Gasteiger partial charge in [-0.3, -0.25) is 19.2 Å². The molecule has 0 bridgehead atoms. The molecule has 0 aromatic rings. The van der Waals surface area contributed by atoms with Crippen LogP contribution in [0.2, 0.25) is 0 Å². The van der Waals surface area contributed by atoms with Crippen molar-refractivity contribution in [2.24, 2.45) is 0 Å². The molecule has 0 unspecified atom stereocenters. The SMILES string of the molecule is COC(=O)CCNC(=O)C[C@H](NC(=O)CCNC(=O)C[C@H](NC(=O)OC(C)(C)C)[C@H]1O[C@H](OC)[C@H]2OC(C)(C)O[C@H]21)[C@H]1O[C@H](OC)[C@H]2OC(C)(C)O[C@H]21. The molecule has 0 aliphatic carbocycles. The molecule has 4 N–H and O–H groups in total. The van der Waals surface area contributed by atoms with Gasteiger partial charge in [0.2, 0.25) is 17.7 Å². The minimum atomic E-state index is -0.964. The van der Waals surface area contributed by atoms with E-state index in [1.165, 1.54) is 21.3 Å². The Labute approximate surface area is 309 Å². The van der Waals surface area contributed by atoms with Crippen molar-refractivity contribution in [1.82, 2.24) is 21.3 Å². The van der Waals surface area contributed by atoms with Gasteiger partial charge in [-0.25, -0.2) is 4.79 Å². The molecule has 0 saturated carbocycles. The van der Waals surface area contributed by atoms with Crippen molar-refractivity contribution in [2.75, 3.05) is 34.4 Å². The molecule has 302 valence electrons. The summed E-state index contributed by atoms with van der Waals surface area (Å²) in [7, 11) is 4.15. The lowest BCUT2D eigenvalue weighted by Gasteiger charge is -2.30. The standard InChI is InChI=1S/C34H56N4O15/c1-32(2,3)53-31(43)38-18(24-26-28(30(46-10)48-24)52-34(6,7)50-26)16-21(41)35-13-11-19(39)37-17(15-20(40)36-14-12-22(42)44-8)23-25-27(29(45-9)47-23)51-33(4,5)49-25/h17-18,23-30H,11-16H2,1-10H3,(H,35,41)(H,36,40)(H,37,39)(H,38,43)/t17-,18-,23+,24+,25-,26-,27-,28-,29-,30-/m0/s1. The summed E-state index contributed by atoms with van der Waals surface area (Å²) in [6.07, 6.45) is -7.32. The van der Waals surface area contributed by atoms with Crippen molar-refractivity contribution < 1.29 is 71.3 Å². The highest BCUT2D eigenvalue weighted by Crippen LogP contribution is 2.41. The quantitative estimate of drug-likeness (QED) is 0.153. The van der Waals surface area contributed by atoms with Gasteiger partial charge in [0.25, 0.3) is 0 Å². The Morgan fingerprint density at radius 2 is 1.08 bits per heavy atom. The zero-order valence-electron chi connectivity index (χ0n) is 32.1. The molecule has 10 atom stereocenters. The number of amides is 4. The molecular weight excluding hydrogens is 704 g/mol. The monoisotopic (exact) mass is 760 g/mol. The van der Waals surface area contributed by atoms with Crippen molar-refractivity contribution in [3.63, 3.8) is 0 Å². The number of methoxy groups -OCH3 is 3. The number of carbonyl (C=O) groups excluding carboxylic acids is 5. The predicted molar refractivity (Wildman–Crippen MR) is 181 cm³/mol. The van der Waals surface area contributed by atoms with E-state index in [0.717, 1.165) is 0 Å². The molecule has 19 heteroatoms. The van der Waals surface area contributed by atoms with Crippen LogP contribution >= 0.6 is 0 Å². The van der Waals surface area contributed by atoms with Crippen molar-refractivity contribution in [1.29, 1.82) is 0 Å². The number of fused-ring (bicyclic) bond motifs is 2. The van der Waals surface area contributed by atoms with E-state index >= 15 is 0 Å². The largest absolute Gasteiger partial charge is 0.469 e. The Morgan fingerprint density at radius 1 is 0.642 bits per heavy atom. The first-order valence-corrected chi connectivity index (χ1v) is 17.7. The molecule has 53 heavy (non-hydrogen) atoms. The number of hydrogen-bond acceptors (Lipinski definition) is 15. The first-order valence-electron chi connectivity index (χ1n) is 17.7. The van der Waals surface area contributed by atoms with Gasteiger partial charge in [0.05, 0.1) is 25.6 Å². The third-order valence-electron chi connectivity index (χ3n) is 8.76. The van der Waals surface area contributed by atoms with Gasteiger partial charge < -0.3 is 68.6 Å². The number of ether oxygens (including phenoxy) is 10. The molecule has 4 aliphatic rings. The second kappa shape index (κ2) is 17.5. The molecule has 4 saturated heterocycles. The van der Waals surface area contributed by atoms with Crippen LogP contribution in [0.1, 0.15) is 74.1 Å². The fourth-order valence-electron chi connectivity index (χ4n) is 6.71. The molecule has 4 heterocycles. The number of nitrogens with one attached hydrogen (secondary N) is 4. The van der Waals surface area contributed by atoms with Gasteiger partial charge in [0, 0.05) is 46.6 Å². The molecule has 19 nitrogen and oxygen atoms in total. The highest BCUT2D eigenvalue weighted by molar-refractivity contribution is 5.82. The number of alkyl carbamates (subject to hydrolysis) is 1. The van der Waals surface area contributed by atoms with Gasteiger partial charge in [-0.15, -0.1) is 0 Å². The van der Waals surface area contributed by atoms with Crippen LogP contribution in [0.5, 0.6) is 0 Å². The number of carbonyl (C=O) groups is 5. The minimum absolute atomic E-state index is 0.0310. The van der Waals surface area contributed by atoms with Gasteiger partial charge in [-0.1, -0.05) is 0 Å². The van der Waals surface area contributed by atoms with Gasteiger partial charge in [0.15, 0.2) is 24.2 Å². The van der Waals surface area contributed by atoms with Crippen LogP contribution in [0.3, 0.4) is 0 Å². The maximum absolute atomic E-state index is 13.3. The van der Waals surface area contributed by atoms with Crippen LogP contribution in [-0.2, 0) is 66.5 Å². The lowest BCUT2D eigenvalue weighted by molar-refractivity contribution is -0.230. The molecule has 0 aromatic carbocycles. The van der Waals surface area contributed by atoms with Crippen LogP contribution in [0.4, 0.5) is 4.79 Å². The van der Waals surface area contributed by atoms with E-state index in [2.05, 4.69) is 26.0 Å². The summed E-state index contributed by atoms with van der Waals surface area (Å²) >= 11 is 0. The molecule has 0 radical (unpaired) electrons. The number of esters is 1. The zero-order valence-corrected chi connectivity index (χ0v) is 32.1. The Morgan fingerprint density at radius 3 is 1.51 bits per heavy atom. The molecular formula is C34H56N4O15. The summed E-state index contributed by atoms with van der Waals surface area (Å²) in [6.45, 7) is 12.0. The summed E-state index contributed by atoms with van der Waals surface area (Å²) in [5.41, 5.74) is -0.809. The molecule has 4 aliphatic heterocycles. The van der Waals surface area contributed by atoms with E-state index in [0.29, 0.717) is 0 Å². The van der Waals surface area contributed by atoms with Gasteiger partial charge >= 0.3 is 12.1 Å². The van der Waals surface area contributed by atoms with Gasteiger partial charge in [-0.05, 0) is 48.5 Å². The Hall–Kier alpha value is -3.17. The van der Waals surface area contributed by atoms with Crippen LogP contribution in [0.25, 0.3) is 0 Å². The zero-order chi connectivity index (χ0) is 39.3. The van der Waals surface area contributed by atoms with E-state index < -0.39 is 108 Å². The Kier molecular flexibility index (Phi) is 14.1. The van der Waals surface area contributed by atoms with Crippen molar-refractivity contribution >= 4 is 29.8 Å². The maximum atomic E-state index is 13.3. The van der Waals surface area contributed by atoms with E-state index in [4.69, 9.17) is 42.6 Å². The predicted octanol–water partition coefficient (Wildman–Crippen LogP) is 0.113. The summed E-state index contributed by atoms with van der Waals surface area (Å²) in [4.78, 5) is 63.9. The van der Waals surface area contributed by atoms with E-state index in [1.54, 1.807) is 48.5 Å². The Bertz CT molecular complexity index is 1320. The smallest absolute Gasteiger partial charge is 0.407 e. The van der Waals surface area contributed by atoms with E-state index in [1.807, 2.05) is 0 Å². The van der Waals surface area contributed by atoms with Gasteiger partial charge in [-0.2, -0.15) is 0 Å². The normalized spacial score (nSPS) is 30.8. The third-order valence-corrected chi connectivity index (χ3v) is 8.76. The molecule has 4 rings (SSSR count). The first kappa shape index (κ1) is 42.6. The maximum Gasteiger partial charge on any atom is 0.407 e. The molecule has 4 amide bonds. The Balaban J connectivity index is 1.39. The fourth-order valence-corrected chi connectivity index (χ4v) is 6.71. The second-order valence-electron chi connectivity index (χ2n) is 15.2. The van der Waals surface area contributed by atoms with Crippen molar-refractivity contribution in [3.05, 3.63) is 0 Å². The average molecular weight is 761 g/mol. The lowest BCUT2D eigenvalue weighted by Crippen LogP contribution is -2.52. The van der Waals surface area contributed by atoms with Crippen LogP contribution in [-0.4, -0.2) is 143 Å². The van der Waals surface area contributed by atoms with Crippen molar-refractivity contribution in [3.8, 4) is 0 Å². The summed E-state index contributed by atoms with van der Waals surface area (Å²) in [5.74, 6) is -3.86. The highest BCUT2D eigenvalue weighted by atomic mass is 16.8. The second-order valence-corrected chi connectivity index (χ2v) is 15.2. The fraction of sp³-hybridized carbons (Fsp3) is 0.853. The van der Waals surface area contributed by atoms with Crippen molar-refractivity contribution in [2.45, 2.75) is 153 Å². The van der Waals surface area contributed by atoms with Crippen LogP contribution in [0.15, 0.2) is 0 Å². The minimum Gasteiger partial charge on any atom is -0.469 e. The average Bonchev–Trinajstić information content (AvgIpc) is 3.74. The third kappa shape index (κ3) is 11.7. The summed E-state index contributed by atoms with van der Waals surface area (Å²) in [6, 6.07) is -1.83. The number of hydrogen-bond donors (Lipinski definition) is 4. The van der Waals surface area contributed by atoms with Crippen LogP contribution in [0, 0.1) is 0 Å². The molecule has 0 spiro atoms. The first-order chi connectivity index (χ1) is 24.7. The van der Waals surface area contributed by atoms with E-state index in [9.17, 15) is 24.0 Å². The molecule has 0 aromatic heterocycles. The van der Waals surface area contributed by atoms with Crippen LogP contribution < -0.4 is 21.3 Å². The lowest BCUT2D eigenvalue weighted by atomic mass is 10.00. The highest BCUT2D eigenvalue weighted by Gasteiger charge is 2.59. The van der Waals surface area contributed by atoms with Gasteiger partial charge in [0.1, 0.15) is 42.2 Å². The number of rotatable bonds is 16. The molecule has 4 fully saturated rings. The van der Waals surface area contributed by atoms with E-state index in [-0.39, 0.29) is 38.8 Å². The summed E-state index contributed by atoms with van der Waals surface area (Å²) < 4.78 is 57.2. The topological polar surface area (TPSA) is 226 Å². The summed E-state index contributed by atoms with van der Waals surface area (Å²) in [5, 5.41) is 10.9.